The molecule has 0 fully saturated rings. The minimum Gasteiger partial charge on any atom is -0.398 e. The average Bonchev–Trinajstić information content (AvgIpc) is 2.34. The first kappa shape index (κ1) is 13.4. The predicted molar refractivity (Wildman–Crippen MR) is 73.0 cm³/mol. The van der Waals surface area contributed by atoms with Gasteiger partial charge in [-0.05, 0) is 37.1 Å². The molecule has 0 amide bonds. The van der Waals surface area contributed by atoms with Crippen LogP contribution in [0.2, 0.25) is 0 Å². The van der Waals surface area contributed by atoms with Gasteiger partial charge in [0.05, 0.1) is 12.5 Å². The van der Waals surface area contributed by atoms with Gasteiger partial charge >= 0.3 is 0 Å². The molecule has 1 rings (SSSR count). The number of anilines is 2. The molecule has 0 unspecified atom stereocenters. The van der Waals surface area contributed by atoms with E-state index < -0.39 is 0 Å². The Labute approximate surface area is 104 Å². The maximum Gasteiger partial charge on any atom is 0.0670 e. The molecule has 2 N–H and O–H groups in total. The Bertz CT molecular complexity index is 393. The summed E-state index contributed by atoms with van der Waals surface area (Å²) < 4.78 is 0. The summed E-state index contributed by atoms with van der Waals surface area (Å²) in [6.07, 6.45) is 2.76. The normalized spacial score (nSPS) is 9.94. The lowest BCUT2D eigenvalue weighted by Gasteiger charge is -2.23. The van der Waals surface area contributed by atoms with Crippen molar-refractivity contribution in [2.24, 2.45) is 0 Å². The van der Waals surface area contributed by atoms with Crippen LogP contribution in [0.4, 0.5) is 11.4 Å². The second-order valence-corrected chi connectivity index (χ2v) is 4.15. The highest BCUT2D eigenvalue weighted by molar-refractivity contribution is 5.59. The molecule has 0 saturated carbocycles. The summed E-state index contributed by atoms with van der Waals surface area (Å²) in [4.78, 5) is 2.32. The first-order chi connectivity index (χ1) is 8.22. The summed E-state index contributed by atoms with van der Waals surface area (Å²) >= 11 is 0. The van der Waals surface area contributed by atoms with Crippen LogP contribution in [0.3, 0.4) is 0 Å². The van der Waals surface area contributed by atoms with Crippen LogP contribution in [0.25, 0.3) is 0 Å². The van der Waals surface area contributed by atoms with Gasteiger partial charge in [0, 0.05) is 24.5 Å². The van der Waals surface area contributed by atoms with E-state index in [0.717, 1.165) is 18.7 Å². The number of unbranched alkanes of at least 4 members (excludes halogenated alkanes) is 1. The largest absolute Gasteiger partial charge is 0.398 e. The molecule has 0 aromatic heterocycles. The Balaban J connectivity index is 2.88. The summed E-state index contributed by atoms with van der Waals surface area (Å²) in [5.41, 5.74) is 8.66. The Hall–Kier alpha value is -1.69. The SMILES string of the molecule is CCCCN(CC)c1ccc(N)c(CC#N)c1. The van der Waals surface area contributed by atoms with E-state index in [1.807, 2.05) is 18.2 Å². The summed E-state index contributed by atoms with van der Waals surface area (Å²) in [6.45, 7) is 6.38. The lowest BCUT2D eigenvalue weighted by atomic mass is 10.1. The molecule has 0 aliphatic heterocycles. The predicted octanol–water partition coefficient (Wildman–Crippen LogP) is 2.96. The van der Waals surface area contributed by atoms with Gasteiger partial charge in [0.25, 0.3) is 0 Å². The summed E-state index contributed by atoms with van der Waals surface area (Å²) in [7, 11) is 0. The highest BCUT2D eigenvalue weighted by Gasteiger charge is 2.06. The first-order valence-corrected chi connectivity index (χ1v) is 6.23. The van der Waals surface area contributed by atoms with E-state index in [-0.39, 0.29) is 0 Å². The quantitative estimate of drug-likeness (QED) is 0.766. The Morgan fingerprint density at radius 2 is 2.12 bits per heavy atom. The molecular formula is C14H21N3. The molecular weight excluding hydrogens is 210 g/mol. The third-order valence-electron chi connectivity index (χ3n) is 2.92. The first-order valence-electron chi connectivity index (χ1n) is 6.23. The Morgan fingerprint density at radius 3 is 2.71 bits per heavy atom. The minimum absolute atomic E-state index is 0.380. The van der Waals surface area contributed by atoms with E-state index >= 15 is 0 Å². The zero-order chi connectivity index (χ0) is 12.7. The van der Waals surface area contributed by atoms with Crippen molar-refractivity contribution in [3.8, 4) is 6.07 Å². The Morgan fingerprint density at radius 1 is 1.35 bits per heavy atom. The van der Waals surface area contributed by atoms with Gasteiger partial charge in [-0.1, -0.05) is 13.3 Å². The summed E-state index contributed by atoms with van der Waals surface area (Å²) in [6, 6.07) is 8.13. The molecule has 0 radical (unpaired) electrons. The molecule has 92 valence electrons. The number of nitrogens with zero attached hydrogens (tertiary/aromatic N) is 2. The second-order valence-electron chi connectivity index (χ2n) is 4.15. The number of hydrogen-bond donors (Lipinski definition) is 1. The smallest absolute Gasteiger partial charge is 0.0670 e. The van der Waals surface area contributed by atoms with E-state index in [0.29, 0.717) is 12.1 Å². The third kappa shape index (κ3) is 3.67. The average molecular weight is 231 g/mol. The Kier molecular flexibility index (Phi) is 5.35. The number of rotatable bonds is 6. The van der Waals surface area contributed by atoms with Crippen molar-refractivity contribution in [2.45, 2.75) is 33.1 Å². The zero-order valence-corrected chi connectivity index (χ0v) is 10.7. The molecule has 0 aliphatic carbocycles. The van der Waals surface area contributed by atoms with E-state index in [2.05, 4.69) is 24.8 Å². The molecule has 17 heavy (non-hydrogen) atoms. The van der Waals surface area contributed by atoms with Crippen molar-refractivity contribution in [3.63, 3.8) is 0 Å². The van der Waals surface area contributed by atoms with Crippen LogP contribution in [0.1, 0.15) is 32.3 Å². The van der Waals surface area contributed by atoms with Gasteiger partial charge in [0.15, 0.2) is 0 Å². The van der Waals surface area contributed by atoms with Gasteiger partial charge in [0.2, 0.25) is 0 Å². The topological polar surface area (TPSA) is 53.0 Å². The second kappa shape index (κ2) is 6.80. The van der Waals surface area contributed by atoms with Gasteiger partial charge in [-0.3, -0.25) is 0 Å². The molecule has 0 atom stereocenters. The third-order valence-corrected chi connectivity index (χ3v) is 2.92. The molecule has 1 aromatic carbocycles. The number of nitriles is 1. The summed E-state index contributed by atoms with van der Waals surface area (Å²) in [5, 5.41) is 8.75. The van der Waals surface area contributed by atoms with Crippen LogP contribution in [-0.2, 0) is 6.42 Å². The number of nitrogens with two attached hydrogens (primary N) is 1. The van der Waals surface area contributed by atoms with Gasteiger partial charge in [-0.25, -0.2) is 0 Å². The zero-order valence-electron chi connectivity index (χ0n) is 10.7. The molecule has 0 aliphatic rings. The van der Waals surface area contributed by atoms with Crippen LogP contribution >= 0.6 is 0 Å². The molecule has 3 nitrogen and oxygen atoms in total. The number of hydrogen-bond acceptors (Lipinski definition) is 3. The molecule has 0 heterocycles. The number of benzene rings is 1. The standard InChI is InChI=1S/C14H21N3/c1-3-5-10-17(4-2)13-6-7-14(16)12(11-13)8-9-15/h6-7,11H,3-5,8,10,16H2,1-2H3. The van der Waals surface area contributed by atoms with Crippen molar-refractivity contribution in [1.29, 1.82) is 5.26 Å². The lowest BCUT2D eigenvalue weighted by molar-refractivity contribution is 0.732. The van der Waals surface area contributed by atoms with E-state index in [1.165, 1.54) is 18.5 Å². The van der Waals surface area contributed by atoms with Crippen LogP contribution in [0, 0.1) is 11.3 Å². The monoisotopic (exact) mass is 231 g/mol. The van der Waals surface area contributed by atoms with E-state index in [9.17, 15) is 0 Å². The van der Waals surface area contributed by atoms with Crippen molar-refractivity contribution in [2.75, 3.05) is 23.7 Å². The number of nitrogen functional groups attached to an aromatic ring is 1. The fourth-order valence-corrected chi connectivity index (χ4v) is 1.85. The molecule has 0 spiro atoms. The van der Waals surface area contributed by atoms with E-state index in [4.69, 9.17) is 11.0 Å². The van der Waals surface area contributed by atoms with Crippen molar-refractivity contribution >= 4 is 11.4 Å². The van der Waals surface area contributed by atoms with Crippen LogP contribution in [0.5, 0.6) is 0 Å². The van der Waals surface area contributed by atoms with Crippen molar-refractivity contribution < 1.29 is 0 Å². The van der Waals surface area contributed by atoms with Crippen LogP contribution in [-0.4, -0.2) is 13.1 Å². The highest BCUT2D eigenvalue weighted by Crippen LogP contribution is 2.22. The van der Waals surface area contributed by atoms with Crippen molar-refractivity contribution in [3.05, 3.63) is 23.8 Å². The van der Waals surface area contributed by atoms with Crippen LogP contribution in [0.15, 0.2) is 18.2 Å². The minimum atomic E-state index is 0.380. The molecule has 0 saturated heterocycles. The maximum absolute atomic E-state index is 8.75. The molecule has 0 bridgehead atoms. The highest BCUT2D eigenvalue weighted by atomic mass is 15.1. The van der Waals surface area contributed by atoms with E-state index in [1.54, 1.807) is 0 Å². The van der Waals surface area contributed by atoms with Gasteiger partial charge < -0.3 is 10.6 Å². The van der Waals surface area contributed by atoms with Crippen LogP contribution < -0.4 is 10.6 Å². The lowest BCUT2D eigenvalue weighted by Crippen LogP contribution is -2.23. The van der Waals surface area contributed by atoms with Gasteiger partial charge in [-0.2, -0.15) is 5.26 Å². The molecule has 3 heteroatoms. The summed E-state index contributed by atoms with van der Waals surface area (Å²) in [5.74, 6) is 0. The molecule has 1 aromatic rings. The van der Waals surface area contributed by atoms with Gasteiger partial charge in [-0.15, -0.1) is 0 Å². The maximum atomic E-state index is 8.75. The van der Waals surface area contributed by atoms with Crippen molar-refractivity contribution in [1.82, 2.24) is 0 Å². The fourth-order valence-electron chi connectivity index (χ4n) is 1.85. The van der Waals surface area contributed by atoms with Gasteiger partial charge in [0.1, 0.15) is 0 Å². The fraction of sp³-hybridized carbons (Fsp3) is 0.500.